The second kappa shape index (κ2) is 13.9. The van der Waals surface area contributed by atoms with Crippen LogP contribution < -0.4 is 15.6 Å². The number of hydrogen-bond acceptors (Lipinski definition) is 7. The fourth-order valence-corrected chi connectivity index (χ4v) is 5.15. The van der Waals surface area contributed by atoms with Crippen LogP contribution in [0.3, 0.4) is 0 Å². The Bertz CT molecular complexity index is 1720. The molecule has 14 heteroatoms. The number of piperidine rings is 1. The Kier molecular flexibility index (Phi) is 9.79. The van der Waals surface area contributed by atoms with Crippen LogP contribution in [-0.4, -0.2) is 51.2 Å². The van der Waals surface area contributed by atoms with Crippen LogP contribution in [0.2, 0.25) is 5.02 Å². The highest BCUT2D eigenvalue weighted by Gasteiger charge is 2.33. The number of alkyl halides is 3. The number of carbonyl (C=O) groups excluding carboxylic acids is 2. The van der Waals surface area contributed by atoms with E-state index in [-0.39, 0.29) is 23.4 Å². The molecule has 10 nitrogen and oxygen atoms in total. The van der Waals surface area contributed by atoms with Crippen molar-refractivity contribution in [3.8, 4) is 0 Å². The summed E-state index contributed by atoms with van der Waals surface area (Å²) >= 11 is 5.69. The number of aliphatic hydroxyl groups excluding tert-OH is 1. The van der Waals surface area contributed by atoms with Crippen LogP contribution in [0.1, 0.15) is 62.4 Å². The number of nitrogens with zero attached hydrogens (tertiary/aromatic N) is 5. The Morgan fingerprint density at radius 3 is 2.56 bits per heavy atom. The highest BCUT2D eigenvalue weighted by atomic mass is 35.5. The fourth-order valence-electron chi connectivity index (χ4n) is 4.92. The van der Waals surface area contributed by atoms with Crippen molar-refractivity contribution in [2.24, 2.45) is 5.10 Å². The van der Waals surface area contributed by atoms with Gasteiger partial charge in [0, 0.05) is 24.3 Å². The van der Waals surface area contributed by atoms with Gasteiger partial charge in [0.15, 0.2) is 0 Å². The third-order valence-corrected chi connectivity index (χ3v) is 7.50. The van der Waals surface area contributed by atoms with Crippen LogP contribution in [-0.2, 0) is 19.3 Å². The minimum absolute atomic E-state index is 0.0842. The summed E-state index contributed by atoms with van der Waals surface area (Å²) in [5.41, 5.74) is 4.11. The number of amides is 2. The molecule has 0 unspecified atom stereocenters. The number of carbonyl (C=O) groups is 2. The van der Waals surface area contributed by atoms with Crippen molar-refractivity contribution in [2.75, 3.05) is 23.3 Å². The molecule has 1 fully saturated rings. The van der Waals surface area contributed by atoms with E-state index in [4.69, 9.17) is 11.6 Å². The van der Waals surface area contributed by atoms with Crippen LogP contribution in [0.5, 0.6) is 0 Å². The highest BCUT2D eigenvalue weighted by molar-refractivity contribution is 6.31. The molecule has 0 radical (unpaired) electrons. The Labute approximate surface area is 261 Å². The number of benzene rings is 3. The molecular weight excluding hydrogens is 611 g/mol. The van der Waals surface area contributed by atoms with E-state index in [2.05, 4.69) is 31.1 Å². The van der Waals surface area contributed by atoms with E-state index < -0.39 is 28.6 Å². The van der Waals surface area contributed by atoms with Gasteiger partial charge in [-0.15, -0.1) is 5.10 Å². The van der Waals surface area contributed by atoms with Gasteiger partial charge in [0.1, 0.15) is 5.69 Å². The van der Waals surface area contributed by atoms with Crippen LogP contribution in [0.25, 0.3) is 0 Å². The molecule has 1 saturated heterocycles. The molecular formula is C31H29ClF3N7O3. The van der Waals surface area contributed by atoms with Crippen molar-refractivity contribution in [1.29, 1.82) is 0 Å². The Hall–Kier alpha value is -4.75. The van der Waals surface area contributed by atoms with Crippen molar-refractivity contribution < 1.29 is 27.9 Å². The summed E-state index contributed by atoms with van der Waals surface area (Å²) in [6, 6.07) is 15.3. The first-order valence-corrected chi connectivity index (χ1v) is 14.5. The molecule has 2 amide bonds. The number of aromatic nitrogens is 3. The minimum Gasteiger partial charge on any atom is -0.390 e. The molecule has 0 aliphatic carbocycles. The van der Waals surface area contributed by atoms with Gasteiger partial charge >= 0.3 is 6.18 Å². The Morgan fingerprint density at radius 1 is 1.02 bits per heavy atom. The number of halogens is 4. The van der Waals surface area contributed by atoms with Crippen molar-refractivity contribution >= 4 is 41.0 Å². The normalized spacial score (nSPS) is 13.7. The molecule has 0 saturated carbocycles. The first-order chi connectivity index (χ1) is 21.6. The highest BCUT2D eigenvalue weighted by Crippen LogP contribution is 2.35. The van der Waals surface area contributed by atoms with E-state index >= 15 is 0 Å². The first-order valence-electron chi connectivity index (χ1n) is 14.1. The molecule has 0 atom stereocenters. The van der Waals surface area contributed by atoms with Gasteiger partial charge in [0.25, 0.3) is 11.8 Å². The largest absolute Gasteiger partial charge is 0.417 e. The first kappa shape index (κ1) is 31.7. The van der Waals surface area contributed by atoms with Gasteiger partial charge in [-0.05, 0) is 72.9 Å². The maximum absolute atomic E-state index is 13.3. The van der Waals surface area contributed by atoms with Crippen molar-refractivity contribution in [3.05, 3.63) is 105 Å². The summed E-state index contributed by atoms with van der Waals surface area (Å²) in [6.07, 6.45) is 1.18. The minimum atomic E-state index is -4.65. The molecule has 1 aliphatic rings. The van der Waals surface area contributed by atoms with Crippen molar-refractivity contribution in [2.45, 2.75) is 38.6 Å². The van der Waals surface area contributed by atoms with Gasteiger partial charge < -0.3 is 15.3 Å². The summed E-state index contributed by atoms with van der Waals surface area (Å²) in [5, 5.41) is 23.2. The van der Waals surface area contributed by atoms with Gasteiger partial charge in [-0.1, -0.05) is 35.0 Å². The van der Waals surface area contributed by atoms with E-state index in [0.717, 1.165) is 62.0 Å². The second-order valence-electron chi connectivity index (χ2n) is 10.4. The van der Waals surface area contributed by atoms with E-state index in [9.17, 15) is 27.9 Å². The topological polar surface area (TPSA) is 125 Å². The zero-order valence-electron chi connectivity index (χ0n) is 23.9. The molecule has 234 valence electrons. The Morgan fingerprint density at radius 2 is 1.82 bits per heavy atom. The summed E-state index contributed by atoms with van der Waals surface area (Å²) in [7, 11) is 0. The summed E-state index contributed by atoms with van der Waals surface area (Å²) in [4.78, 5) is 28.8. The number of rotatable bonds is 9. The van der Waals surface area contributed by atoms with Crippen LogP contribution in [0, 0.1) is 0 Å². The lowest BCUT2D eigenvalue weighted by atomic mass is 10.1. The van der Waals surface area contributed by atoms with E-state index in [1.165, 1.54) is 6.07 Å². The van der Waals surface area contributed by atoms with Gasteiger partial charge in [-0.3, -0.25) is 9.59 Å². The van der Waals surface area contributed by atoms with Crippen molar-refractivity contribution in [3.63, 3.8) is 0 Å². The molecule has 45 heavy (non-hydrogen) atoms. The third kappa shape index (κ3) is 8.05. The summed E-state index contributed by atoms with van der Waals surface area (Å²) < 4.78 is 41.3. The SMILES string of the molecule is O=C(Nc1ccc(N2CCCCC2)cc1C(=O)N/N=C/c1ccc(Cl)c(C(F)(F)F)c1)c1cccc(Cn2cc(CO)nn2)c1. The van der Waals surface area contributed by atoms with Gasteiger partial charge in [0.05, 0.1) is 47.4 Å². The lowest BCUT2D eigenvalue weighted by Gasteiger charge is -2.29. The van der Waals surface area contributed by atoms with E-state index in [1.54, 1.807) is 41.2 Å². The fraction of sp³-hybridized carbons (Fsp3) is 0.258. The van der Waals surface area contributed by atoms with Gasteiger partial charge in [-0.2, -0.15) is 18.3 Å². The summed E-state index contributed by atoms with van der Waals surface area (Å²) in [6.45, 7) is 1.73. The van der Waals surface area contributed by atoms with Crippen LogP contribution in [0.15, 0.2) is 72.0 Å². The lowest BCUT2D eigenvalue weighted by molar-refractivity contribution is -0.137. The van der Waals surface area contributed by atoms with Gasteiger partial charge in [-0.25, -0.2) is 10.1 Å². The number of hydrogen-bond donors (Lipinski definition) is 3. The third-order valence-electron chi connectivity index (χ3n) is 7.17. The van der Waals surface area contributed by atoms with E-state index in [0.29, 0.717) is 17.8 Å². The number of nitrogens with one attached hydrogen (secondary N) is 2. The molecule has 2 heterocycles. The van der Waals surface area contributed by atoms with E-state index in [1.807, 2.05) is 12.1 Å². The quantitative estimate of drug-likeness (QED) is 0.164. The molecule has 0 bridgehead atoms. The van der Waals surface area contributed by atoms with Crippen molar-refractivity contribution in [1.82, 2.24) is 20.4 Å². The molecule has 4 aromatic rings. The molecule has 0 spiro atoms. The molecule has 3 aromatic carbocycles. The molecule has 1 aliphatic heterocycles. The standard InChI is InChI=1S/C31H29ClF3N7O3/c32-27-9-7-20(14-26(27)31(33,34)35)16-36-39-30(45)25-15-24(41-11-2-1-3-12-41)8-10-28(25)37-29(44)22-6-4-5-21(13-22)17-42-18-23(19-43)38-40-42/h4-10,13-16,18,43H,1-3,11-12,17,19H2,(H,37,44)(H,39,45)/b36-16+. The predicted octanol–water partition coefficient (Wildman–Crippen LogP) is 5.50. The zero-order chi connectivity index (χ0) is 32.0. The average Bonchev–Trinajstić information content (AvgIpc) is 3.49. The number of anilines is 2. The maximum atomic E-state index is 13.3. The second-order valence-corrected chi connectivity index (χ2v) is 10.8. The number of aliphatic hydroxyl groups is 1. The molecule has 1 aromatic heterocycles. The summed E-state index contributed by atoms with van der Waals surface area (Å²) in [5.74, 6) is -1.12. The van der Waals surface area contributed by atoms with Crippen LogP contribution in [0.4, 0.5) is 24.5 Å². The van der Waals surface area contributed by atoms with Crippen LogP contribution >= 0.6 is 11.6 Å². The van der Waals surface area contributed by atoms with Gasteiger partial charge in [0.2, 0.25) is 0 Å². The monoisotopic (exact) mass is 639 g/mol. The molecule has 5 rings (SSSR count). The number of hydrazone groups is 1. The lowest BCUT2D eigenvalue weighted by Crippen LogP contribution is -2.30. The zero-order valence-corrected chi connectivity index (χ0v) is 24.6. The average molecular weight is 640 g/mol. The smallest absolute Gasteiger partial charge is 0.390 e. The molecule has 3 N–H and O–H groups in total. The predicted molar refractivity (Wildman–Crippen MR) is 163 cm³/mol. The maximum Gasteiger partial charge on any atom is 0.417 e. The Balaban J connectivity index is 1.36.